The number of unbranched alkanes of at least 4 members (excludes halogenated alkanes) is 4. The van der Waals surface area contributed by atoms with Crippen molar-refractivity contribution in [3.05, 3.63) is 57.4 Å². The van der Waals surface area contributed by atoms with Crippen molar-refractivity contribution in [3.63, 3.8) is 0 Å². The summed E-state index contributed by atoms with van der Waals surface area (Å²) in [6, 6.07) is 8.34. The molecule has 51 heavy (non-hydrogen) atoms. The van der Waals surface area contributed by atoms with Gasteiger partial charge in [-0.2, -0.15) is 0 Å². The van der Waals surface area contributed by atoms with Gasteiger partial charge in [-0.1, -0.05) is 53.4 Å². The smallest absolute Gasteiger partial charge is 0.339 e. The summed E-state index contributed by atoms with van der Waals surface area (Å²) in [5.41, 5.74) is 1.86. The fraction of sp³-hybridized carbons (Fsp3) is 0.575. The number of rotatable bonds is 22. The van der Waals surface area contributed by atoms with Gasteiger partial charge in [-0.25, -0.2) is 14.4 Å². The van der Waals surface area contributed by atoms with Crippen molar-refractivity contribution in [1.29, 1.82) is 0 Å². The van der Waals surface area contributed by atoms with E-state index in [-0.39, 0.29) is 18.0 Å². The zero-order chi connectivity index (χ0) is 37.3. The van der Waals surface area contributed by atoms with Crippen LogP contribution >= 0.6 is 0 Å². The van der Waals surface area contributed by atoms with Crippen molar-refractivity contribution in [2.75, 3.05) is 59.4 Å². The highest BCUT2D eigenvalue weighted by molar-refractivity contribution is 5.93. The van der Waals surface area contributed by atoms with Gasteiger partial charge in [-0.15, -0.1) is 0 Å². The zero-order valence-corrected chi connectivity index (χ0v) is 32.0. The SMILES string of the molecule is CCCCN(CCCC)CC(Cc1c(C)c2ccc(NC(=O)N(CCCC)CCCC)cc2oc1=O)OC(=O)c1cc(OC)c(OC)c(OC)c1. The van der Waals surface area contributed by atoms with E-state index in [4.69, 9.17) is 23.4 Å². The van der Waals surface area contributed by atoms with Crippen LogP contribution < -0.4 is 25.2 Å². The Kier molecular flexibility index (Phi) is 17.1. The number of hydrogen-bond donors (Lipinski definition) is 1. The van der Waals surface area contributed by atoms with E-state index in [0.29, 0.717) is 53.7 Å². The predicted octanol–water partition coefficient (Wildman–Crippen LogP) is 8.23. The Morgan fingerprint density at radius 3 is 1.90 bits per heavy atom. The normalized spacial score (nSPS) is 11.8. The molecule has 1 atom stereocenters. The lowest BCUT2D eigenvalue weighted by molar-refractivity contribution is 0.0198. The summed E-state index contributed by atoms with van der Waals surface area (Å²) in [6.45, 7) is 13.9. The van der Waals surface area contributed by atoms with E-state index in [9.17, 15) is 14.4 Å². The first-order valence-corrected chi connectivity index (χ1v) is 18.5. The molecule has 0 radical (unpaired) electrons. The van der Waals surface area contributed by atoms with E-state index in [1.54, 1.807) is 18.2 Å². The van der Waals surface area contributed by atoms with Crippen LogP contribution in [0.5, 0.6) is 17.2 Å². The zero-order valence-electron chi connectivity index (χ0n) is 32.0. The third-order valence-corrected chi connectivity index (χ3v) is 9.11. The van der Waals surface area contributed by atoms with E-state index < -0.39 is 17.7 Å². The number of carbonyl (C=O) groups is 2. The number of methoxy groups -OCH3 is 3. The highest BCUT2D eigenvalue weighted by atomic mass is 16.5. The van der Waals surface area contributed by atoms with Crippen molar-refractivity contribution >= 4 is 28.7 Å². The molecule has 1 heterocycles. The van der Waals surface area contributed by atoms with Crippen LogP contribution in [0.4, 0.5) is 10.5 Å². The summed E-state index contributed by atoms with van der Waals surface area (Å²) >= 11 is 0. The third-order valence-electron chi connectivity index (χ3n) is 9.11. The number of esters is 1. The summed E-state index contributed by atoms with van der Waals surface area (Å²) in [5, 5.41) is 3.74. The molecule has 11 nitrogen and oxygen atoms in total. The van der Waals surface area contributed by atoms with E-state index in [2.05, 4.69) is 37.9 Å². The summed E-state index contributed by atoms with van der Waals surface area (Å²) < 4.78 is 28.4. The lowest BCUT2D eigenvalue weighted by atomic mass is 10.00. The molecule has 1 aromatic heterocycles. The molecule has 3 rings (SSSR count). The number of hydrogen-bond acceptors (Lipinski definition) is 9. The Morgan fingerprint density at radius 2 is 1.37 bits per heavy atom. The fourth-order valence-corrected chi connectivity index (χ4v) is 6.06. The number of nitrogens with zero attached hydrogens (tertiary/aromatic N) is 2. The maximum Gasteiger partial charge on any atom is 0.339 e. The molecule has 3 aromatic rings. The van der Waals surface area contributed by atoms with Crippen LogP contribution in [0.3, 0.4) is 0 Å². The van der Waals surface area contributed by atoms with Crippen LogP contribution in [0.1, 0.15) is 101 Å². The topological polar surface area (TPSA) is 120 Å². The Hall–Kier alpha value is -4.25. The van der Waals surface area contributed by atoms with Gasteiger partial charge < -0.3 is 33.6 Å². The summed E-state index contributed by atoms with van der Waals surface area (Å²) in [4.78, 5) is 44.6. The van der Waals surface area contributed by atoms with Crippen molar-refractivity contribution in [1.82, 2.24) is 9.80 Å². The van der Waals surface area contributed by atoms with Crippen LogP contribution in [0, 0.1) is 6.92 Å². The first-order chi connectivity index (χ1) is 24.6. The second-order valence-corrected chi connectivity index (χ2v) is 13.0. The molecule has 1 N–H and O–H groups in total. The van der Waals surface area contributed by atoms with Crippen molar-refractivity contribution < 1.29 is 33.0 Å². The van der Waals surface area contributed by atoms with Crippen molar-refractivity contribution in [2.24, 2.45) is 0 Å². The van der Waals surface area contributed by atoms with E-state index >= 15 is 0 Å². The van der Waals surface area contributed by atoms with Gasteiger partial charge in [0.25, 0.3) is 0 Å². The fourth-order valence-electron chi connectivity index (χ4n) is 6.06. The van der Waals surface area contributed by atoms with Crippen LogP contribution in [0.25, 0.3) is 11.0 Å². The third kappa shape index (κ3) is 11.6. The number of urea groups is 1. The number of benzene rings is 2. The molecule has 0 fully saturated rings. The number of aryl methyl sites for hydroxylation is 1. The maximum atomic E-state index is 13.7. The predicted molar refractivity (Wildman–Crippen MR) is 203 cm³/mol. The van der Waals surface area contributed by atoms with Gasteiger partial charge in [0.1, 0.15) is 11.7 Å². The Bertz CT molecular complexity index is 1580. The van der Waals surface area contributed by atoms with Crippen molar-refractivity contribution in [2.45, 2.75) is 98.5 Å². The van der Waals surface area contributed by atoms with Crippen LogP contribution in [0.2, 0.25) is 0 Å². The van der Waals surface area contributed by atoms with E-state index in [1.165, 1.54) is 21.3 Å². The van der Waals surface area contributed by atoms with E-state index in [0.717, 1.165) is 75.4 Å². The van der Waals surface area contributed by atoms with Gasteiger partial charge in [0, 0.05) is 48.8 Å². The highest BCUT2D eigenvalue weighted by Gasteiger charge is 2.26. The highest BCUT2D eigenvalue weighted by Crippen LogP contribution is 2.38. The second-order valence-electron chi connectivity index (χ2n) is 13.0. The second kappa shape index (κ2) is 21.2. The molecule has 0 saturated heterocycles. The Labute approximate surface area is 303 Å². The number of nitrogens with one attached hydrogen (secondary N) is 1. The van der Waals surface area contributed by atoms with Gasteiger partial charge in [0.05, 0.1) is 26.9 Å². The molecule has 0 bridgehead atoms. The quantitative estimate of drug-likeness (QED) is 0.0813. The summed E-state index contributed by atoms with van der Waals surface area (Å²) in [7, 11) is 4.48. The monoisotopic (exact) mass is 709 g/mol. The average Bonchev–Trinajstić information content (AvgIpc) is 3.13. The molecule has 0 spiro atoms. The molecule has 0 saturated carbocycles. The molecule has 2 amide bonds. The molecule has 0 aliphatic carbocycles. The molecule has 1 unspecified atom stereocenters. The minimum atomic E-state index is -0.653. The molecular weight excluding hydrogens is 650 g/mol. The summed E-state index contributed by atoms with van der Waals surface area (Å²) in [5.74, 6) is 0.476. The first kappa shape index (κ1) is 41.2. The number of ether oxygens (including phenoxy) is 4. The molecular formula is C40H59N3O8. The first-order valence-electron chi connectivity index (χ1n) is 18.5. The molecule has 11 heteroatoms. The Balaban J connectivity index is 1.96. The molecule has 0 aliphatic rings. The minimum Gasteiger partial charge on any atom is -0.493 e. The average molecular weight is 710 g/mol. The van der Waals surface area contributed by atoms with Crippen LogP contribution in [0.15, 0.2) is 39.5 Å². The standard InChI is InChI=1S/C40H59N3O8/c1-9-13-19-42(20-14-10-2)27-31(50-38(44)29-23-35(47-6)37(49-8)36(24-29)48-7)26-33-28(5)32-18-17-30(25-34(32)51-39(33)45)41-40(46)43(21-15-11-3)22-16-12-4/h17-18,23-25,31H,9-16,19-22,26-27H2,1-8H3,(H,41,46). The lowest BCUT2D eigenvalue weighted by Gasteiger charge is -2.28. The number of anilines is 1. The number of carbonyl (C=O) groups excluding carboxylic acids is 2. The van der Waals surface area contributed by atoms with Gasteiger partial charge in [-0.05, 0) is 75.5 Å². The number of fused-ring (bicyclic) bond motifs is 1. The maximum absolute atomic E-state index is 13.7. The minimum absolute atomic E-state index is 0.164. The van der Waals surface area contributed by atoms with Crippen LogP contribution in [-0.4, -0.2) is 82.0 Å². The number of amides is 2. The van der Waals surface area contributed by atoms with Crippen molar-refractivity contribution in [3.8, 4) is 17.2 Å². The summed E-state index contributed by atoms with van der Waals surface area (Å²) in [6.07, 6.45) is 7.44. The van der Waals surface area contributed by atoms with Gasteiger partial charge in [0.2, 0.25) is 5.75 Å². The molecule has 282 valence electrons. The molecule has 0 aliphatic heterocycles. The largest absolute Gasteiger partial charge is 0.493 e. The van der Waals surface area contributed by atoms with Gasteiger partial charge >= 0.3 is 17.6 Å². The van der Waals surface area contributed by atoms with Gasteiger partial charge in [0.15, 0.2) is 11.5 Å². The van der Waals surface area contributed by atoms with Gasteiger partial charge in [-0.3, -0.25) is 4.90 Å². The van der Waals surface area contributed by atoms with E-state index in [1.807, 2.05) is 24.0 Å². The van der Waals surface area contributed by atoms with Crippen LogP contribution in [-0.2, 0) is 11.2 Å². The molecule has 2 aromatic carbocycles. The lowest BCUT2D eigenvalue weighted by Crippen LogP contribution is -2.38. The Morgan fingerprint density at radius 1 is 0.804 bits per heavy atom.